The third kappa shape index (κ3) is 5.51. The first-order valence-electron chi connectivity index (χ1n) is 9.90. The summed E-state index contributed by atoms with van der Waals surface area (Å²) in [5, 5.41) is 0. The lowest BCUT2D eigenvalue weighted by atomic mass is 10.1. The molecule has 0 bridgehead atoms. The molecule has 1 N–H and O–H groups in total. The molecule has 1 fully saturated rings. The van der Waals surface area contributed by atoms with Crippen LogP contribution in [-0.4, -0.2) is 47.6 Å². The minimum atomic E-state index is -4.81. The molecular weight excluding hydrogens is 487 g/mol. The van der Waals surface area contributed by atoms with E-state index in [9.17, 15) is 35.2 Å². The molecule has 2 aromatic rings. The van der Waals surface area contributed by atoms with Gasteiger partial charge in [0.05, 0.1) is 43.3 Å². The maximum Gasteiger partial charge on any atom is 0.416 e. The first-order valence-corrected chi connectivity index (χ1v) is 11.4. The van der Waals surface area contributed by atoms with Gasteiger partial charge in [0.2, 0.25) is 0 Å². The van der Waals surface area contributed by atoms with Crippen molar-refractivity contribution in [3.63, 3.8) is 0 Å². The van der Waals surface area contributed by atoms with Gasteiger partial charge in [-0.3, -0.25) is 4.72 Å². The second-order valence-corrected chi connectivity index (χ2v) is 9.22. The SMILES string of the molecule is COC(=O)c1ccc(OC)c(S(=O)(=O)Nc2cc(C(F)(F)F)ccc2N2CCCC(F)(F)C2)c1. The zero-order valence-electron chi connectivity index (χ0n) is 18.1. The number of carbonyl (C=O) groups is 1. The molecule has 0 amide bonds. The van der Waals surface area contributed by atoms with Crippen molar-refractivity contribution < 1.29 is 44.6 Å². The van der Waals surface area contributed by atoms with E-state index in [1.807, 2.05) is 0 Å². The van der Waals surface area contributed by atoms with Crippen LogP contribution in [-0.2, 0) is 20.9 Å². The predicted molar refractivity (Wildman–Crippen MR) is 113 cm³/mol. The molecule has 186 valence electrons. The van der Waals surface area contributed by atoms with Crippen LogP contribution >= 0.6 is 0 Å². The molecule has 34 heavy (non-hydrogen) atoms. The van der Waals surface area contributed by atoms with Crippen molar-refractivity contribution >= 4 is 27.4 Å². The van der Waals surface area contributed by atoms with Crippen molar-refractivity contribution in [3.8, 4) is 5.75 Å². The molecule has 1 saturated heterocycles. The van der Waals surface area contributed by atoms with E-state index in [2.05, 4.69) is 9.46 Å². The Hall–Kier alpha value is -3.09. The molecule has 0 unspecified atom stereocenters. The van der Waals surface area contributed by atoms with Gasteiger partial charge >= 0.3 is 12.1 Å². The van der Waals surface area contributed by atoms with Crippen LogP contribution in [0.5, 0.6) is 5.75 Å². The third-order valence-corrected chi connectivity index (χ3v) is 6.56. The Labute approximate surface area is 192 Å². The molecule has 2 aromatic carbocycles. The second kappa shape index (κ2) is 9.28. The van der Waals surface area contributed by atoms with Crippen molar-refractivity contribution in [2.45, 2.75) is 29.8 Å². The molecule has 0 radical (unpaired) electrons. The smallest absolute Gasteiger partial charge is 0.416 e. The average Bonchev–Trinajstić information content (AvgIpc) is 2.76. The average molecular weight is 508 g/mol. The highest BCUT2D eigenvalue weighted by Crippen LogP contribution is 2.39. The topological polar surface area (TPSA) is 84.9 Å². The normalized spacial score (nSPS) is 16.1. The molecule has 1 heterocycles. The lowest BCUT2D eigenvalue weighted by Gasteiger charge is -2.35. The number of anilines is 2. The summed E-state index contributed by atoms with van der Waals surface area (Å²) >= 11 is 0. The maximum atomic E-state index is 14.0. The van der Waals surface area contributed by atoms with Gasteiger partial charge in [-0.2, -0.15) is 13.2 Å². The Morgan fingerprint density at radius 2 is 1.82 bits per heavy atom. The number of benzene rings is 2. The summed E-state index contributed by atoms with van der Waals surface area (Å²) in [5.74, 6) is -4.14. The maximum absolute atomic E-state index is 14.0. The van der Waals surface area contributed by atoms with E-state index in [0.717, 1.165) is 31.3 Å². The fourth-order valence-corrected chi connectivity index (χ4v) is 4.83. The number of nitrogens with one attached hydrogen (secondary N) is 1. The van der Waals surface area contributed by atoms with E-state index < -0.39 is 50.8 Å². The lowest BCUT2D eigenvalue weighted by Crippen LogP contribution is -2.43. The van der Waals surface area contributed by atoms with Crippen LogP contribution in [0.1, 0.15) is 28.8 Å². The Bertz CT molecular complexity index is 1180. The van der Waals surface area contributed by atoms with Crippen molar-refractivity contribution in [1.82, 2.24) is 0 Å². The predicted octanol–water partition coefficient (Wildman–Crippen LogP) is 4.54. The van der Waals surface area contributed by atoms with Gasteiger partial charge in [0.15, 0.2) is 0 Å². The first kappa shape index (κ1) is 25.5. The van der Waals surface area contributed by atoms with E-state index in [0.29, 0.717) is 12.1 Å². The molecule has 7 nitrogen and oxygen atoms in total. The van der Waals surface area contributed by atoms with Crippen LogP contribution in [0.3, 0.4) is 0 Å². The molecule has 0 saturated carbocycles. The van der Waals surface area contributed by atoms with Crippen LogP contribution < -0.4 is 14.4 Å². The highest BCUT2D eigenvalue weighted by molar-refractivity contribution is 7.92. The van der Waals surface area contributed by atoms with Crippen LogP contribution in [0.15, 0.2) is 41.3 Å². The van der Waals surface area contributed by atoms with Gasteiger partial charge in [-0.05, 0) is 42.8 Å². The Morgan fingerprint density at radius 1 is 1.12 bits per heavy atom. The third-order valence-electron chi connectivity index (χ3n) is 5.18. The summed E-state index contributed by atoms with van der Waals surface area (Å²) in [6, 6.07) is 5.54. The largest absolute Gasteiger partial charge is 0.495 e. The molecule has 0 spiro atoms. The molecule has 1 aliphatic heterocycles. The lowest BCUT2D eigenvalue weighted by molar-refractivity contribution is -0.137. The van der Waals surface area contributed by atoms with E-state index in [4.69, 9.17) is 4.74 Å². The van der Waals surface area contributed by atoms with Gasteiger partial charge in [-0.1, -0.05) is 0 Å². The van der Waals surface area contributed by atoms with Crippen molar-refractivity contribution in [1.29, 1.82) is 0 Å². The van der Waals surface area contributed by atoms with E-state index in [1.54, 1.807) is 0 Å². The molecule has 0 atom stereocenters. The zero-order chi connectivity index (χ0) is 25.3. The highest BCUT2D eigenvalue weighted by atomic mass is 32.2. The highest BCUT2D eigenvalue weighted by Gasteiger charge is 2.37. The molecule has 1 aliphatic rings. The van der Waals surface area contributed by atoms with Gasteiger partial charge in [-0.25, -0.2) is 22.0 Å². The summed E-state index contributed by atoms with van der Waals surface area (Å²) in [5.41, 5.74) is -2.01. The summed E-state index contributed by atoms with van der Waals surface area (Å²) in [6.45, 7) is -0.689. The number of esters is 1. The summed E-state index contributed by atoms with van der Waals surface area (Å²) in [4.78, 5) is 12.4. The number of hydrogen-bond donors (Lipinski definition) is 1. The van der Waals surface area contributed by atoms with Crippen molar-refractivity contribution in [2.24, 2.45) is 0 Å². The molecule has 3 rings (SSSR count). The zero-order valence-corrected chi connectivity index (χ0v) is 18.9. The van der Waals surface area contributed by atoms with E-state index >= 15 is 0 Å². The number of carbonyl (C=O) groups excluding carboxylic acids is 1. The van der Waals surface area contributed by atoms with Gasteiger partial charge in [0.25, 0.3) is 15.9 Å². The Morgan fingerprint density at radius 3 is 2.41 bits per heavy atom. The van der Waals surface area contributed by atoms with Crippen molar-refractivity contribution in [3.05, 3.63) is 47.5 Å². The monoisotopic (exact) mass is 508 g/mol. The summed E-state index contributed by atoms with van der Waals surface area (Å²) < 4.78 is 106. The number of alkyl halides is 5. The fourth-order valence-electron chi connectivity index (χ4n) is 3.57. The summed E-state index contributed by atoms with van der Waals surface area (Å²) in [7, 11) is -2.39. The number of hydrogen-bond acceptors (Lipinski definition) is 6. The molecule has 0 aliphatic carbocycles. The van der Waals surface area contributed by atoms with Gasteiger partial charge in [0.1, 0.15) is 10.6 Å². The quantitative estimate of drug-likeness (QED) is 0.456. The van der Waals surface area contributed by atoms with Crippen LogP contribution in [0.4, 0.5) is 33.3 Å². The molecule has 13 heteroatoms. The first-order chi connectivity index (χ1) is 15.8. The molecule has 0 aromatic heterocycles. The minimum absolute atomic E-state index is 0.0647. The van der Waals surface area contributed by atoms with Gasteiger partial charge < -0.3 is 14.4 Å². The van der Waals surface area contributed by atoms with E-state index in [-0.39, 0.29) is 36.4 Å². The van der Waals surface area contributed by atoms with Crippen LogP contribution in [0.2, 0.25) is 0 Å². The van der Waals surface area contributed by atoms with Gasteiger partial charge in [0, 0.05) is 13.0 Å². The number of methoxy groups -OCH3 is 2. The van der Waals surface area contributed by atoms with Crippen LogP contribution in [0.25, 0.3) is 0 Å². The number of rotatable bonds is 6. The number of sulfonamides is 1. The number of ether oxygens (including phenoxy) is 2. The Kier molecular flexibility index (Phi) is 6.97. The number of piperidine rings is 1. The second-order valence-electron chi connectivity index (χ2n) is 7.57. The molecular formula is C21H21F5N2O5S. The Balaban J connectivity index is 2.10. The van der Waals surface area contributed by atoms with Gasteiger partial charge in [-0.15, -0.1) is 0 Å². The summed E-state index contributed by atoms with van der Waals surface area (Å²) in [6.07, 6.45) is -5.13. The minimum Gasteiger partial charge on any atom is -0.495 e. The van der Waals surface area contributed by atoms with E-state index in [1.165, 1.54) is 12.1 Å². The van der Waals surface area contributed by atoms with Crippen LogP contribution in [0, 0.1) is 0 Å². The fraction of sp³-hybridized carbons (Fsp3) is 0.381. The standard InChI is InChI=1S/C21H21F5N2O5S/c1-32-17-7-4-13(19(29)33-2)10-18(17)34(30,31)27-15-11-14(21(24,25)26)5-6-16(15)28-9-3-8-20(22,23)12-28/h4-7,10-11,27H,3,8-9,12H2,1-2H3. The van der Waals surface area contributed by atoms with Crippen molar-refractivity contribution in [2.75, 3.05) is 36.9 Å². The number of halogens is 5. The number of nitrogens with zero attached hydrogens (tertiary/aromatic N) is 1.